The molecule has 27 heavy (non-hydrogen) atoms. The van der Waals surface area contributed by atoms with E-state index in [0.717, 1.165) is 5.56 Å². The summed E-state index contributed by atoms with van der Waals surface area (Å²) in [5.41, 5.74) is 1.61. The molecule has 0 radical (unpaired) electrons. The molecule has 144 valence electrons. The molecule has 0 unspecified atom stereocenters. The molecular formula is C21H24FNO4. The smallest absolute Gasteiger partial charge is 0.258 e. The Hall–Kier alpha value is -3.02. The summed E-state index contributed by atoms with van der Waals surface area (Å²) < 4.78 is 29.6. The lowest BCUT2D eigenvalue weighted by atomic mass is 10.1. The molecule has 1 amide bonds. The predicted molar refractivity (Wildman–Crippen MR) is 103 cm³/mol. The maximum atomic E-state index is 13.8. The number of hydrogen-bond acceptors (Lipinski definition) is 4. The number of benzene rings is 2. The normalized spacial score (nSPS) is 11.9. The highest BCUT2D eigenvalue weighted by molar-refractivity contribution is 5.78. The van der Waals surface area contributed by atoms with Gasteiger partial charge in [-0.05, 0) is 49.2 Å². The van der Waals surface area contributed by atoms with Crippen LogP contribution >= 0.6 is 0 Å². The first-order chi connectivity index (χ1) is 13.0. The van der Waals surface area contributed by atoms with Crippen LogP contribution in [-0.4, -0.2) is 26.7 Å². The summed E-state index contributed by atoms with van der Waals surface area (Å²) in [4.78, 5) is 12.2. The molecule has 1 atom stereocenters. The highest BCUT2D eigenvalue weighted by Gasteiger charge is 2.14. The molecule has 5 nitrogen and oxygen atoms in total. The van der Waals surface area contributed by atoms with Crippen LogP contribution in [0.1, 0.15) is 31.0 Å². The Morgan fingerprint density at radius 1 is 1.11 bits per heavy atom. The minimum atomic E-state index is -0.474. The van der Waals surface area contributed by atoms with E-state index in [-0.39, 0.29) is 24.3 Å². The Morgan fingerprint density at radius 3 is 2.44 bits per heavy atom. The van der Waals surface area contributed by atoms with Crippen molar-refractivity contribution in [3.05, 3.63) is 59.4 Å². The van der Waals surface area contributed by atoms with Gasteiger partial charge in [0, 0.05) is 0 Å². The van der Waals surface area contributed by atoms with Crippen molar-refractivity contribution in [1.82, 2.24) is 5.32 Å². The molecule has 1 N–H and O–H groups in total. The first-order valence-corrected chi connectivity index (χ1v) is 8.54. The zero-order valence-electron chi connectivity index (χ0n) is 15.9. The number of nitrogens with one attached hydrogen (secondary N) is 1. The third kappa shape index (κ3) is 5.48. The zero-order valence-corrected chi connectivity index (χ0v) is 15.9. The van der Waals surface area contributed by atoms with E-state index in [2.05, 4.69) is 5.32 Å². The Balaban J connectivity index is 1.97. The molecule has 2 aromatic rings. The molecule has 0 saturated heterocycles. The molecule has 0 aliphatic carbocycles. The minimum absolute atomic E-state index is 0.161. The molecule has 0 bridgehead atoms. The average molecular weight is 373 g/mol. The number of allylic oxidation sites excluding steroid dienone is 1. The molecule has 0 spiro atoms. The Labute approximate surface area is 158 Å². The largest absolute Gasteiger partial charge is 0.494 e. The van der Waals surface area contributed by atoms with Crippen LogP contribution in [0, 0.1) is 5.82 Å². The van der Waals surface area contributed by atoms with E-state index in [1.54, 1.807) is 26.2 Å². The van der Waals surface area contributed by atoms with E-state index in [0.29, 0.717) is 17.1 Å². The summed E-state index contributed by atoms with van der Waals surface area (Å²) in [6, 6.07) is 9.66. The Morgan fingerprint density at radius 2 is 1.81 bits per heavy atom. The van der Waals surface area contributed by atoms with Gasteiger partial charge in [-0.1, -0.05) is 24.3 Å². The van der Waals surface area contributed by atoms with Gasteiger partial charge in [0.15, 0.2) is 29.7 Å². The van der Waals surface area contributed by atoms with Gasteiger partial charge in [0.1, 0.15) is 0 Å². The first kappa shape index (κ1) is 20.3. The molecule has 0 aromatic heterocycles. The zero-order chi connectivity index (χ0) is 19.8. The van der Waals surface area contributed by atoms with E-state index in [1.807, 2.05) is 31.2 Å². The van der Waals surface area contributed by atoms with Gasteiger partial charge < -0.3 is 19.5 Å². The highest BCUT2D eigenvalue weighted by Crippen LogP contribution is 2.28. The van der Waals surface area contributed by atoms with Crippen molar-refractivity contribution in [3.63, 3.8) is 0 Å². The number of halogens is 1. The average Bonchev–Trinajstić information content (AvgIpc) is 2.66. The number of carbonyl (C=O) groups is 1. The van der Waals surface area contributed by atoms with Crippen molar-refractivity contribution >= 4 is 12.0 Å². The van der Waals surface area contributed by atoms with Gasteiger partial charge in [-0.25, -0.2) is 4.39 Å². The fraction of sp³-hybridized carbons (Fsp3) is 0.286. The summed E-state index contributed by atoms with van der Waals surface area (Å²) in [7, 11) is 2.95. The number of ether oxygens (including phenoxy) is 3. The second kappa shape index (κ2) is 9.62. The van der Waals surface area contributed by atoms with Gasteiger partial charge in [-0.15, -0.1) is 0 Å². The molecule has 0 heterocycles. The third-order valence-electron chi connectivity index (χ3n) is 3.96. The molecule has 0 aliphatic heterocycles. The SMILES string of the molecule is C/C=C/c1ccc(OCC(=O)N[C@@H](C)c2ccc(OC)c(F)c2)c(OC)c1. The fourth-order valence-electron chi connectivity index (χ4n) is 2.56. The van der Waals surface area contributed by atoms with Crippen molar-refractivity contribution in [3.8, 4) is 17.2 Å². The van der Waals surface area contributed by atoms with Crippen molar-refractivity contribution in [2.45, 2.75) is 19.9 Å². The third-order valence-corrected chi connectivity index (χ3v) is 3.96. The van der Waals surface area contributed by atoms with Crippen LogP contribution in [-0.2, 0) is 4.79 Å². The molecule has 6 heteroatoms. The molecular weight excluding hydrogens is 349 g/mol. The molecule has 0 saturated carbocycles. The minimum Gasteiger partial charge on any atom is -0.494 e. The molecule has 2 aromatic carbocycles. The molecule has 0 aliphatic rings. The van der Waals surface area contributed by atoms with Crippen LogP contribution in [0.3, 0.4) is 0 Å². The van der Waals surface area contributed by atoms with Gasteiger partial charge in [-0.2, -0.15) is 0 Å². The Kier molecular flexibility index (Phi) is 7.23. The fourth-order valence-corrected chi connectivity index (χ4v) is 2.56. The number of hydrogen-bond donors (Lipinski definition) is 1. The van der Waals surface area contributed by atoms with Crippen LogP contribution in [0.25, 0.3) is 6.08 Å². The van der Waals surface area contributed by atoms with Gasteiger partial charge >= 0.3 is 0 Å². The van der Waals surface area contributed by atoms with Gasteiger partial charge in [0.2, 0.25) is 0 Å². The van der Waals surface area contributed by atoms with E-state index < -0.39 is 5.82 Å². The number of amides is 1. The van der Waals surface area contributed by atoms with Gasteiger partial charge in [0.25, 0.3) is 5.91 Å². The van der Waals surface area contributed by atoms with E-state index in [9.17, 15) is 9.18 Å². The number of rotatable bonds is 8. The molecule has 2 rings (SSSR count). The van der Waals surface area contributed by atoms with Gasteiger partial charge in [0.05, 0.1) is 20.3 Å². The monoisotopic (exact) mass is 373 g/mol. The lowest BCUT2D eigenvalue weighted by Gasteiger charge is -2.16. The standard InChI is InChI=1S/C21H24FNO4/c1-5-6-15-7-9-19(20(11-15)26-4)27-13-21(24)23-14(2)16-8-10-18(25-3)17(22)12-16/h5-12,14H,13H2,1-4H3,(H,23,24)/b6-5+/t14-/m0/s1. The van der Waals surface area contributed by atoms with Crippen molar-refractivity contribution in [2.24, 2.45) is 0 Å². The van der Waals surface area contributed by atoms with E-state index >= 15 is 0 Å². The van der Waals surface area contributed by atoms with Gasteiger partial charge in [-0.3, -0.25) is 4.79 Å². The van der Waals surface area contributed by atoms with E-state index in [1.165, 1.54) is 19.2 Å². The summed E-state index contributed by atoms with van der Waals surface area (Å²) in [6.45, 7) is 3.52. The number of carbonyl (C=O) groups excluding carboxylic acids is 1. The van der Waals surface area contributed by atoms with E-state index in [4.69, 9.17) is 14.2 Å². The lowest BCUT2D eigenvalue weighted by Crippen LogP contribution is -2.31. The lowest BCUT2D eigenvalue weighted by molar-refractivity contribution is -0.123. The molecule has 0 fully saturated rings. The second-order valence-electron chi connectivity index (χ2n) is 5.88. The number of methoxy groups -OCH3 is 2. The topological polar surface area (TPSA) is 56.8 Å². The van der Waals surface area contributed by atoms with Crippen molar-refractivity contribution in [2.75, 3.05) is 20.8 Å². The van der Waals surface area contributed by atoms with Crippen LogP contribution in [0.5, 0.6) is 17.2 Å². The second-order valence-corrected chi connectivity index (χ2v) is 5.88. The van der Waals surface area contributed by atoms with Crippen molar-refractivity contribution < 1.29 is 23.4 Å². The van der Waals surface area contributed by atoms with Crippen LogP contribution in [0.2, 0.25) is 0 Å². The summed E-state index contributed by atoms with van der Waals surface area (Å²) in [6.07, 6.45) is 3.86. The highest BCUT2D eigenvalue weighted by atomic mass is 19.1. The van der Waals surface area contributed by atoms with Crippen LogP contribution in [0.15, 0.2) is 42.5 Å². The maximum Gasteiger partial charge on any atom is 0.258 e. The summed E-state index contributed by atoms with van der Waals surface area (Å²) >= 11 is 0. The van der Waals surface area contributed by atoms with Crippen molar-refractivity contribution in [1.29, 1.82) is 0 Å². The summed E-state index contributed by atoms with van der Waals surface area (Å²) in [5.74, 6) is 0.387. The maximum absolute atomic E-state index is 13.8. The summed E-state index contributed by atoms with van der Waals surface area (Å²) in [5, 5.41) is 2.78. The first-order valence-electron chi connectivity index (χ1n) is 8.54. The van der Waals surface area contributed by atoms with Crippen LogP contribution in [0.4, 0.5) is 4.39 Å². The quantitative estimate of drug-likeness (QED) is 0.756. The van der Waals surface area contributed by atoms with Crippen LogP contribution < -0.4 is 19.5 Å². The predicted octanol–water partition coefficient (Wildman–Crippen LogP) is 4.13. The Bertz CT molecular complexity index is 820.